The van der Waals surface area contributed by atoms with E-state index in [1.807, 2.05) is 62.4 Å². The predicted molar refractivity (Wildman–Crippen MR) is 102 cm³/mol. The van der Waals surface area contributed by atoms with E-state index in [0.717, 1.165) is 41.9 Å². The maximum Gasteiger partial charge on any atom is 0.331 e. The zero-order chi connectivity index (χ0) is 18.1. The summed E-state index contributed by atoms with van der Waals surface area (Å²) in [5.74, 6) is 1.26. The van der Waals surface area contributed by atoms with Crippen molar-refractivity contribution in [2.45, 2.75) is 40.0 Å². The molecule has 0 unspecified atom stereocenters. The van der Waals surface area contributed by atoms with Crippen LogP contribution in [0.1, 0.15) is 44.2 Å². The van der Waals surface area contributed by atoms with E-state index in [2.05, 4.69) is 6.92 Å². The van der Waals surface area contributed by atoms with Gasteiger partial charge in [-0.25, -0.2) is 4.79 Å². The van der Waals surface area contributed by atoms with Gasteiger partial charge in [0, 0.05) is 6.08 Å². The van der Waals surface area contributed by atoms with Crippen molar-refractivity contribution in [2.75, 3.05) is 6.61 Å². The average molecular weight is 338 g/mol. The van der Waals surface area contributed by atoms with Crippen molar-refractivity contribution in [3.05, 3.63) is 65.7 Å². The van der Waals surface area contributed by atoms with Gasteiger partial charge in [-0.1, -0.05) is 43.2 Å². The third kappa shape index (κ3) is 6.11. The zero-order valence-electron chi connectivity index (χ0n) is 15.2. The van der Waals surface area contributed by atoms with Gasteiger partial charge in [-0.15, -0.1) is 0 Å². The van der Waals surface area contributed by atoms with Gasteiger partial charge in [-0.3, -0.25) is 0 Å². The summed E-state index contributed by atoms with van der Waals surface area (Å²) in [4.78, 5) is 11.9. The summed E-state index contributed by atoms with van der Waals surface area (Å²) >= 11 is 0. The van der Waals surface area contributed by atoms with Gasteiger partial charge in [-0.05, 0) is 62.1 Å². The Morgan fingerprint density at radius 2 is 1.80 bits per heavy atom. The molecule has 0 spiro atoms. The van der Waals surface area contributed by atoms with Gasteiger partial charge in [0.1, 0.15) is 11.5 Å². The molecule has 132 valence electrons. The van der Waals surface area contributed by atoms with E-state index < -0.39 is 0 Å². The van der Waals surface area contributed by atoms with Gasteiger partial charge < -0.3 is 9.47 Å². The molecular weight excluding hydrogens is 312 g/mol. The molecule has 0 N–H and O–H groups in total. The lowest BCUT2D eigenvalue weighted by molar-refractivity contribution is -0.137. The second-order valence-corrected chi connectivity index (χ2v) is 5.97. The minimum Gasteiger partial charge on any atom is -0.463 e. The number of hydrogen-bond donors (Lipinski definition) is 0. The smallest absolute Gasteiger partial charge is 0.331 e. The highest BCUT2D eigenvalue weighted by molar-refractivity contribution is 5.91. The summed E-state index contributed by atoms with van der Waals surface area (Å²) in [6.07, 6.45) is 4.53. The lowest BCUT2D eigenvalue weighted by atomic mass is 9.99. The zero-order valence-corrected chi connectivity index (χ0v) is 15.2. The fourth-order valence-corrected chi connectivity index (χ4v) is 2.49. The monoisotopic (exact) mass is 338 g/mol. The summed E-state index contributed by atoms with van der Waals surface area (Å²) < 4.78 is 11.0. The highest BCUT2D eigenvalue weighted by Gasteiger charge is 2.07. The predicted octanol–water partition coefficient (Wildman–Crippen LogP) is 5.92. The first-order chi connectivity index (χ1) is 12.1. The van der Waals surface area contributed by atoms with Crippen molar-refractivity contribution >= 4 is 11.5 Å². The van der Waals surface area contributed by atoms with Crippen LogP contribution in [0.3, 0.4) is 0 Å². The molecule has 25 heavy (non-hydrogen) atoms. The number of hydrogen-bond acceptors (Lipinski definition) is 3. The summed E-state index contributed by atoms with van der Waals surface area (Å²) in [7, 11) is 0. The Hall–Kier alpha value is -2.55. The highest BCUT2D eigenvalue weighted by Crippen LogP contribution is 2.27. The molecule has 0 aromatic heterocycles. The molecule has 2 aromatic rings. The van der Waals surface area contributed by atoms with Gasteiger partial charge in [0.2, 0.25) is 0 Å². The number of carbonyl (C=O) groups is 1. The fraction of sp³-hybridized carbons (Fsp3) is 0.318. The van der Waals surface area contributed by atoms with Gasteiger partial charge in [0.05, 0.1) is 6.61 Å². The van der Waals surface area contributed by atoms with Gasteiger partial charge >= 0.3 is 5.97 Å². The maximum absolute atomic E-state index is 11.9. The van der Waals surface area contributed by atoms with Crippen LogP contribution in [0.4, 0.5) is 0 Å². The molecule has 0 fully saturated rings. The van der Waals surface area contributed by atoms with E-state index in [-0.39, 0.29) is 5.97 Å². The normalized spacial score (nSPS) is 11.2. The van der Waals surface area contributed by atoms with Crippen LogP contribution < -0.4 is 4.74 Å². The molecule has 0 amide bonds. The van der Waals surface area contributed by atoms with Crippen molar-refractivity contribution in [1.29, 1.82) is 0 Å². The molecule has 0 saturated carbocycles. The van der Waals surface area contributed by atoms with Crippen LogP contribution in [0.5, 0.6) is 11.5 Å². The molecule has 0 bridgehead atoms. The third-order valence-electron chi connectivity index (χ3n) is 3.84. The minimum absolute atomic E-state index is 0.293. The first kappa shape index (κ1) is 18.8. The minimum atomic E-state index is -0.293. The Kier molecular flexibility index (Phi) is 7.27. The second-order valence-electron chi connectivity index (χ2n) is 5.97. The molecular formula is C22H26O3. The number of ether oxygens (including phenoxy) is 2. The number of unbranched alkanes of at least 4 members (excludes halogenated alkanes) is 1. The Morgan fingerprint density at radius 1 is 1.04 bits per heavy atom. The first-order valence-corrected chi connectivity index (χ1v) is 8.84. The lowest BCUT2D eigenvalue weighted by Crippen LogP contribution is -2.01. The van der Waals surface area contributed by atoms with E-state index in [0.29, 0.717) is 6.61 Å². The standard InChI is InChI=1S/C22H26O3/c1-4-6-8-19(16-22(23)24-5-2)18-9-7-10-21(15-18)25-20-13-11-17(3)12-14-20/h7,9-16H,4-6,8H2,1-3H3/b19-16+. The van der Waals surface area contributed by atoms with Gasteiger partial charge in [0.25, 0.3) is 0 Å². The van der Waals surface area contributed by atoms with Crippen molar-refractivity contribution in [3.8, 4) is 11.5 Å². The highest BCUT2D eigenvalue weighted by atomic mass is 16.5. The van der Waals surface area contributed by atoms with E-state index >= 15 is 0 Å². The van der Waals surface area contributed by atoms with E-state index in [1.165, 1.54) is 5.56 Å². The number of allylic oxidation sites excluding steroid dienone is 1. The topological polar surface area (TPSA) is 35.5 Å². The number of esters is 1. The Bertz CT molecular complexity index is 714. The summed E-state index contributed by atoms with van der Waals surface area (Å²) in [5, 5.41) is 0. The summed E-state index contributed by atoms with van der Waals surface area (Å²) in [6.45, 7) is 6.38. The first-order valence-electron chi connectivity index (χ1n) is 8.84. The second kappa shape index (κ2) is 9.67. The number of carbonyl (C=O) groups excluding carboxylic acids is 1. The number of benzene rings is 2. The van der Waals surface area contributed by atoms with Crippen molar-refractivity contribution in [3.63, 3.8) is 0 Å². The van der Waals surface area contributed by atoms with Crippen LogP contribution in [-0.4, -0.2) is 12.6 Å². The van der Waals surface area contributed by atoms with Crippen molar-refractivity contribution in [1.82, 2.24) is 0 Å². The van der Waals surface area contributed by atoms with Crippen LogP contribution in [-0.2, 0) is 9.53 Å². The molecule has 3 nitrogen and oxygen atoms in total. The van der Waals surface area contributed by atoms with Crippen LogP contribution in [0.15, 0.2) is 54.6 Å². The Labute approximate surface area is 150 Å². The molecule has 0 aliphatic rings. The molecule has 0 heterocycles. The lowest BCUT2D eigenvalue weighted by Gasteiger charge is -2.11. The van der Waals surface area contributed by atoms with Crippen LogP contribution in [0.25, 0.3) is 5.57 Å². The Morgan fingerprint density at radius 3 is 2.48 bits per heavy atom. The van der Waals surface area contributed by atoms with E-state index in [1.54, 1.807) is 6.08 Å². The quantitative estimate of drug-likeness (QED) is 0.442. The van der Waals surface area contributed by atoms with Crippen LogP contribution in [0.2, 0.25) is 0 Å². The summed E-state index contributed by atoms with van der Waals surface area (Å²) in [5.41, 5.74) is 3.17. The molecule has 0 saturated heterocycles. The largest absolute Gasteiger partial charge is 0.463 e. The molecule has 0 radical (unpaired) electrons. The van der Waals surface area contributed by atoms with Crippen LogP contribution >= 0.6 is 0 Å². The van der Waals surface area contributed by atoms with E-state index in [9.17, 15) is 4.79 Å². The average Bonchev–Trinajstić information content (AvgIpc) is 2.61. The molecule has 0 aliphatic heterocycles. The fourth-order valence-electron chi connectivity index (χ4n) is 2.49. The third-order valence-corrected chi connectivity index (χ3v) is 3.84. The van der Waals surface area contributed by atoms with Crippen molar-refractivity contribution < 1.29 is 14.3 Å². The molecule has 0 atom stereocenters. The van der Waals surface area contributed by atoms with Crippen LogP contribution in [0, 0.1) is 6.92 Å². The van der Waals surface area contributed by atoms with Gasteiger partial charge in [0.15, 0.2) is 0 Å². The maximum atomic E-state index is 11.9. The SMILES string of the molecule is CCCC/C(=C\C(=O)OCC)c1cccc(Oc2ccc(C)cc2)c1. The van der Waals surface area contributed by atoms with E-state index in [4.69, 9.17) is 9.47 Å². The number of rotatable bonds is 8. The van der Waals surface area contributed by atoms with Gasteiger partial charge in [-0.2, -0.15) is 0 Å². The molecule has 2 aromatic carbocycles. The molecule has 3 heteroatoms. The number of aryl methyl sites for hydroxylation is 1. The summed E-state index contributed by atoms with van der Waals surface area (Å²) in [6, 6.07) is 15.8. The van der Waals surface area contributed by atoms with Crippen molar-refractivity contribution in [2.24, 2.45) is 0 Å². The molecule has 0 aliphatic carbocycles. The molecule has 2 rings (SSSR count). The Balaban J connectivity index is 2.22.